The molecule has 1 aromatic rings. The minimum atomic E-state index is -0.968. The highest BCUT2D eigenvalue weighted by atomic mass is 32.1. The van der Waals surface area contributed by atoms with Gasteiger partial charge in [0.1, 0.15) is 4.88 Å². The molecular weight excluding hydrogens is 256 g/mol. The number of esters is 1. The van der Waals surface area contributed by atoms with Crippen LogP contribution in [0.2, 0.25) is 0 Å². The summed E-state index contributed by atoms with van der Waals surface area (Å²) in [5.74, 6) is -1.19. The fraction of sp³-hybridized carbons (Fsp3) is 0.545. The van der Waals surface area contributed by atoms with Crippen LogP contribution >= 0.6 is 11.3 Å². The molecule has 0 radical (unpaired) electrons. The monoisotopic (exact) mass is 272 g/mol. The SMILES string of the molecule is CCOC(=O)CCCNc1nc(C)c(C(=O)O)s1. The van der Waals surface area contributed by atoms with E-state index in [-0.39, 0.29) is 10.8 Å². The number of aromatic carboxylic acids is 1. The van der Waals surface area contributed by atoms with Crippen LogP contribution in [0.15, 0.2) is 0 Å². The van der Waals surface area contributed by atoms with Crippen molar-refractivity contribution in [2.75, 3.05) is 18.5 Å². The molecular formula is C11H16N2O4S. The van der Waals surface area contributed by atoms with Crippen molar-refractivity contribution < 1.29 is 19.4 Å². The van der Waals surface area contributed by atoms with Crippen molar-refractivity contribution in [3.05, 3.63) is 10.6 Å². The van der Waals surface area contributed by atoms with Crippen molar-refractivity contribution in [3.63, 3.8) is 0 Å². The predicted molar refractivity (Wildman–Crippen MR) is 68.2 cm³/mol. The molecule has 100 valence electrons. The lowest BCUT2D eigenvalue weighted by Crippen LogP contribution is -2.08. The Morgan fingerprint density at radius 3 is 2.78 bits per heavy atom. The number of carbonyl (C=O) groups excluding carboxylic acids is 1. The number of anilines is 1. The van der Waals surface area contributed by atoms with Crippen LogP contribution in [-0.2, 0) is 9.53 Å². The largest absolute Gasteiger partial charge is 0.477 e. The van der Waals surface area contributed by atoms with E-state index >= 15 is 0 Å². The number of nitrogens with zero attached hydrogens (tertiary/aromatic N) is 1. The quantitative estimate of drug-likeness (QED) is 0.582. The number of rotatable bonds is 7. The van der Waals surface area contributed by atoms with Gasteiger partial charge in [-0.2, -0.15) is 0 Å². The van der Waals surface area contributed by atoms with Gasteiger partial charge in [0, 0.05) is 13.0 Å². The zero-order valence-electron chi connectivity index (χ0n) is 10.4. The number of carboxylic acids is 1. The maximum Gasteiger partial charge on any atom is 0.347 e. The summed E-state index contributed by atoms with van der Waals surface area (Å²) in [5, 5.41) is 12.4. The highest BCUT2D eigenvalue weighted by molar-refractivity contribution is 7.17. The van der Waals surface area contributed by atoms with E-state index in [2.05, 4.69) is 10.3 Å². The van der Waals surface area contributed by atoms with E-state index < -0.39 is 5.97 Å². The van der Waals surface area contributed by atoms with Gasteiger partial charge < -0.3 is 15.2 Å². The Labute approximate surface area is 109 Å². The lowest BCUT2D eigenvalue weighted by atomic mass is 10.3. The number of ether oxygens (including phenoxy) is 1. The lowest BCUT2D eigenvalue weighted by Gasteiger charge is -2.02. The van der Waals surface area contributed by atoms with Gasteiger partial charge in [-0.25, -0.2) is 9.78 Å². The summed E-state index contributed by atoms with van der Waals surface area (Å²) in [4.78, 5) is 26.2. The van der Waals surface area contributed by atoms with E-state index in [1.54, 1.807) is 13.8 Å². The maximum absolute atomic E-state index is 11.1. The molecule has 1 rings (SSSR count). The van der Waals surface area contributed by atoms with Crippen molar-refractivity contribution >= 4 is 28.4 Å². The van der Waals surface area contributed by atoms with Crippen LogP contribution in [0.1, 0.15) is 35.1 Å². The Morgan fingerprint density at radius 1 is 1.50 bits per heavy atom. The van der Waals surface area contributed by atoms with Crippen molar-refractivity contribution in [1.82, 2.24) is 4.98 Å². The van der Waals surface area contributed by atoms with E-state index in [0.29, 0.717) is 36.8 Å². The molecule has 0 aliphatic heterocycles. The van der Waals surface area contributed by atoms with Gasteiger partial charge >= 0.3 is 11.9 Å². The highest BCUT2D eigenvalue weighted by Crippen LogP contribution is 2.22. The molecule has 2 N–H and O–H groups in total. The molecule has 0 aliphatic carbocycles. The van der Waals surface area contributed by atoms with Crippen molar-refractivity contribution in [2.24, 2.45) is 0 Å². The van der Waals surface area contributed by atoms with E-state index in [1.165, 1.54) is 0 Å². The van der Waals surface area contributed by atoms with Crippen LogP contribution in [-0.4, -0.2) is 35.2 Å². The number of hydrogen-bond acceptors (Lipinski definition) is 6. The normalized spacial score (nSPS) is 10.1. The predicted octanol–water partition coefficient (Wildman–Crippen LogP) is 1.90. The van der Waals surface area contributed by atoms with Crippen LogP contribution in [0, 0.1) is 6.92 Å². The number of aromatic nitrogens is 1. The number of aryl methyl sites for hydroxylation is 1. The van der Waals surface area contributed by atoms with Gasteiger partial charge in [-0.05, 0) is 20.3 Å². The fourth-order valence-corrected chi connectivity index (χ4v) is 2.16. The average molecular weight is 272 g/mol. The van der Waals surface area contributed by atoms with Gasteiger partial charge in [0.25, 0.3) is 0 Å². The topological polar surface area (TPSA) is 88.5 Å². The third-order valence-electron chi connectivity index (χ3n) is 2.13. The molecule has 7 heteroatoms. The van der Waals surface area contributed by atoms with Crippen LogP contribution < -0.4 is 5.32 Å². The summed E-state index contributed by atoms with van der Waals surface area (Å²) in [6.07, 6.45) is 0.969. The van der Waals surface area contributed by atoms with Gasteiger partial charge in [0.2, 0.25) is 0 Å². The first-order valence-corrected chi connectivity index (χ1v) is 6.46. The second kappa shape index (κ2) is 6.95. The van der Waals surface area contributed by atoms with Gasteiger partial charge in [-0.3, -0.25) is 4.79 Å². The molecule has 0 aliphatic rings. The van der Waals surface area contributed by atoms with Crippen molar-refractivity contribution in [2.45, 2.75) is 26.7 Å². The first-order chi connectivity index (χ1) is 8.54. The number of thiazole rings is 1. The van der Waals surface area contributed by atoms with Gasteiger partial charge in [-0.15, -0.1) is 0 Å². The van der Waals surface area contributed by atoms with Crippen molar-refractivity contribution in [1.29, 1.82) is 0 Å². The van der Waals surface area contributed by atoms with Crippen LogP contribution in [0.3, 0.4) is 0 Å². The fourth-order valence-electron chi connectivity index (χ4n) is 1.33. The zero-order valence-corrected chi connectivity index (χ0v) is 11.2. The Morgan fingerprint density at radius 2 is 2.22 bits per heavy atom. The molecule has 0 unspecified atom stereocenters. The number of hydrogen-bond donors (Lipinski definition) is 2. The van der Waals surface area contributed by atoms with Gasteiger partial charge in [0.05, 0.1) is 12.3 Å². The Bertz CT molecular complexity index is 431. The standard InChI is InChI=1S/C11H16N2O4S/c1-3-17-8(14)5-4-6-12-11-13-7(2)9(18-11)10(15)16/h3-6H2,1-2H3,(H,12,13)(H,15,16). The average Bonchev–Trinajstić information content (AvgIpc) is 2.66. The summed E-state index contributed by atoms with van der Waals surface area (Å²) in [6.45, 7) is 4.37. The molecule has 0 saturated heterocycles. The third-order valence-corrected chi connectivity index (χ3v) is 3.23. The van der Waals surface area contributed by atoms with Crippen LogP contribution in [0.4, 0.5) is 5.13 Å². The molecule has 0 amide bonds. The molecule has 1 aromatic heterocycles. The number of carbonyl (C=O) groups is 2. The molecule has 6 nitrogen and oxygen atoms in total. The third kappa shape index (κ3) is 4.33. The molecule has 0 bridgehead atoms. The molecule has 0 fully saturated rings. The van der Waals surface area contributed by atoms with Crippen LogP contribution in [0.25, 0.3) is 0 Å². The minimum Gasteiger partial charge on any atom is -0.477 e. The zero-order chi connectivity index (χ0) is 13.5. The molecule has 0 atom stereocenters. The summed E-state index contributed by atoms with van der Waals surface area (Å²) >= 11 is 1.10. The van der Waals surface area contributed by atoms with E-state index in [0.717, 1.165) is 11.3 Å². The molecule has 18 heavy (non-hydrogen) atoms. The minimum absolute atomic E-state index is 0.221. The first kappa shape index (κ1) is 14.4. The summed E-state index contributed by atoms with van der Waals surface area (Å²) in [6, 6.07) is 0. The Hall–Kier alpha value is -1.63. The number of carboxylic acid groups (broad SMARTS) is 1. The van der Waals surface area contributed by atoms with Gasteiger partial charge in [0.15, 0.2) is 5.13 Å². The van der Waals surface area contributed by atoms with Crippen molar-refractivity contribution in [3.8, 4) is 0 Å². The molecule has 0 spiro atoms. The first-order valence-electron chi connectivity index (χ1n) is 5.64. The van der Waals surface area contributed by atoms with E-state index in [4.69, 9.17) is 9.84 Å². The molecule has 0 saturated carbocycles. The van der Waals surface area contributed by atoms with Crippen LogP contribution in [0.5, 0.6) is 0 Å². The second-order valence-electron chi connectivity index (χ2n) is 3.57. The second-order valence-corrected chi connectivity index (χ2v) is 4.57. The Kier molecular flexibility index (Phi) is 5.57. The highest BCUT2D eigenvalue weighted by Gasteiger charge is 2.13. The maximum atomic E-state index is 11.1. The number of nitrogens with one attached hydrogen (secondary N) is 1. The van der Waals surface area contributed by atoms with E-state index in [9.17, 15) is 9.59 Å². The molecule has 1 heterocycles. The Balaban J connectivity index is 2.34. The molecule has 0 aromatic carbocycles. The summed E-state index contributed by atoms with van der Waals surface area (Å²) in [5.41, 5.74) is 0.500. The summed E-state index contributed by atoms with van der Waals surface area (Å²) < 4.78 is 4.79. The lowest BCUT2D eigenvalue weighted by molar-refractivity contribution is -0.143. The van der Waals surface area contributed by atoms with Gasteiger partial charge in [-0.1, -0.05) is 11.3 Å². The summed E-state index contributed by atoms with van der Waals surface area (Å²) in [7, 11) is 0. The smallest absolute Gasteiger partial charge is 0.347 e. The van der Waals surface area contributed by atoms with E-state index in [1.807, 2.05) is 0 Å².